The minimum absolute atomic E-state index is 0.0670. The molecule has 1 fully saturated rings. The zero-order valence-corrected chi connectivity index (χ0v) is 18.2. The van der Waals surface area contributed by atoms with Gasteiger partial charge in [-0.15, -0.1) is 11.8 Å². The van der Waals surface area contributed by atoms with Crippen molar-refractivity contribution in [1.29, 1.82) is 0 Å². The number of carbonyl (C=O) groups is 1. The Kier molecular flexibility index (Phi) is 6.97. The second-order valence-electron chi connectivity index (χ2n) is 7.17. The number of carbonyl (C=O) groups excluding carboxylic acids is 1. The van der Waals surface area contributed by atoms with E-state index in [1.54, 1.807) is 16.7 Å². The first-order valence-electron chi connectivity index (χ1n) is 9.59. The molecule has 2 aromatic carbocycles. The summed E-state index contributed by atoms with van der Waals surface area (Å²) in [5.74, 6) is -0.552. The summed E-state index contributed by atoms with van der Waals surface area (Å²) in [6.07, 6.45) is 0.547. The fourth-order valence-corrected chi connectivity index (χ4v) is 5.68. The highest BCUT2D eigenvalue weighted by Crippen LogP contribution is 2.28. The Morgan fingerprint density at radius 3 is 2.38 bits per heavy atom. The highest BCUT2D eigenvalue weighted by molar-refractivity contribution is 8.00. The van der Waals surface area contributed by atoms with E-state index in [9.17, 15) is 17.6 Å². The molecule has 0 N–H and O–H groups in total. The van der Waals surface area contributed by atoms with Crippen LogP contribution in [0, 0.1) is 5.82 Å². The Bertz CT molecular complexity index is 962. The SMILES string of the molecule is CC(C)Sc1ccccc1C(=O)N1CCCN(S(=O)(=O)c2ccc(F)cc2)CC1. The van der Waals surface area contributed by atoms with E-state index in [4.69, 9.17) is 0 Å². The van der Waals surface area contributed by atoms with E-state index in [1.165, 1.54) is 16.4 Å². The predicted molar refractivity (Wildman–Crippen MR) is 113 cm³/mol. The van der Waals surface area contributed by atoms with Gasteiger partial charge in [0.05, 0.1) is 10.5 Å². The van der Waals surface area contributed by atoms with Crippen LogP contribution in [0.3, 0.4) is 0 Å². The third-order valence-corrected chi connectivity index (χ3v) is 7.67. The van der Waals surface area contributed by atoms with Crippen LogP contribution in [0.4, 0.5) is 4.39 Å². The third kappa shape index (κ3) is 5.18. The molecule has 1 saturated heterocycles. The van der Waals surface area contributed by atoms with Crippen LogP contribution in [0.1, 0.15) is 30.6 Å². The minimum Gasteiger partial charge on any atom is -0.337 e. The molecule has 5 nitrogen and oxygen atoms in total. The molecule has 0 saturated carbocycles. The normalized spacial score (nSPS) is 16.1. The maximum Gasteiger partial charge on any atom is 0.255 e. The molecule has 0 spiro atoms. The Hall–Kier alpha value is -1.90. The summed E-state index contributed by atoms with van der Waals surface area (Å²) < 4.78 is 40.3. The maximum atomic E-state index is 13.1. The van der Waals surface area contributed by atoms with Crippen LogP contribution in [0.2, 0.25) is 0 Å². The Balaban J connectivity index is 1.75. The quantitative estimate of drug-likeness (QED) is 0.668. The molecule has 0 aliphatic carbocycles. The summed E-state index contributed by atoms with van der Waals surface area (Å²) in [6.45, 7) is 5.51. The molecule has 0 radical (unpaired) electrons. The van der Waals surface area contributed by atoms with Crippen molar-refractivity contribution < 1.29 is 17.6 Å². The first-order chi connectivity index (χ1) is 13.8. The van der Waals surface area contributed by atoms with Crippen molar-refractivity contribution in [2.24, 2.45) is 0 Å². The Morgan fingerprint density at radius 1 is 1.00 bits per heavy atom. The van der Waals surface area contributed by atoms with E-state index in [2.05, 4.69) is 13.8 Å². The second-order valence-corrected chi connectivity index (χ2v) is 10.7. The van der Waals surface area contributed by atoms with E-state index >= 15 is 0 Å². The van der Waals surface area contributed by atoms with Gasteiger partial charge >= 0.3 is 0 Å². The molecule has 8 heteroatoms. The number of amides is 1. The van der Waals surface area contributed by atoms with Gasteiger partial charge in [-0.1, -0.05) is 26.0 Å². The molecule has 0 aromatic heterocycles. The van der Waals surface area contributed by atoms with Crippen LogP contribution >= 0.6 is 11.8 Å². The predicted octanol–water partition coefficient (Wildman–Crippen LogP) is 3.86. The first kappa shape index (κ1) is 21.8. The number of benzene rings is 2. The standard InChI is InChI=1S/C21H25FN2O3S2/c1-16(2)28-20-7-4-3-6-19(20)21(25)23-12-5-13-24(15-14-23)29(26,27)18-10-8-17(22)9-11-18/h3-4,6-11,16H,5,12-15H2,1-2H3. The van der Waals surface area contributed by atoms with Crippen molar-refractivity contribution in [3.8, 4) is 0 Å². The molecule has 1 aliphatic heterocycles. The van der Waals surface area contributed by atoms with E-state index in [0.29, 0.717) is 36.9 Å². The molecule has 3 rings (SSSR count). The van der Waals surface area contributed by atoms with Crippen molar-refractivity contribution in [1.82, 2.24) is 9.21 Å². The molecule has 0 atom stereocenters. The van der Waals surface area contributed by atoms with Gasteiger partial charge in [-0.3, -0.25) is 4.79 Å². The average molecular weight is 437 g/mol. The molecule has 0 bridgehead atoms. The van der Waals surface area contributed by atoms with Crippen LogP contribution in [-0.4, -0.2) is 55.0 Å². The number of hydrogen-bond donors (Lipinski definition) is 0. The van der Waals surface area contributed by atoms with E-state index in [-0.39, 0.29) is 17.3 Å². The smallest absolute Gasteiger partial charge is 0.255 e. The molecule has 1 heterocycles. The molecule has 0 unspecified atom stereocenters. The number of sulfonamides is 1. The van der Waals surface area contributed by atoms with Crippen LogP contribution in [0.25, 0.3) is 0 Å². The van der Waals surface area contributed by atoms with Gasteiger partial charge in [0.25, 0.3) is 5.91 Å². The lowest BCUT2D eigenvalue weighted by molar-refractivity contribution is 0.0761. The number of rotatable bonds is 5. The fraction of sp³-hybridized carbons (Fsp3) is 0.381. The molecule has 2 aromatic rings. The van der Waals surface area contributed by atoms with Crippen molar-refractivity contribution >= 4 is 27.7 Å². The molecule has 156 valence electrons. The lowest BCUT2D eigenvalue weighted by atomic mass is 10.2. The van der Waals surface area contributed by atoms with Crippen molar-refractivity contribution in [3.05, 3.63) is 59.9 Å². The zero-order valence-electron chi connectivity index (χ0n) is 16.5. The topological polar surface area (TPSA) is 57.7 Å². The van der Waals surface area contributed by atoms with Gasteiger partial charge in [0.15, 0.2) is 0 Å². The van der Waals surface area contributed by atoms with Gasteiger partial charge in [0.1, 0.15) is 5.82 Å². The van der Waals surface area contributed by atoms with Crippen LogP contribution in [-0.2, 0) is 10.0 Å². The molecular weight excluding hydrogens is 411 g/mol. The average Bonchev–Trinajstić information content (AvgIpc) is 2.94. The maximum absolute atomic E-state index is 13.1. The summed E-state index contributed by atoms with van der Waals surface area (Å²) in [5.41, 5.74) is 0.654. The van der Waals surface area contributed by atoms with Crippen LogP contribution in [0.5, 0.6) is 0 Å². The minimum atomic E-state index is -3.72. The number of halogens is 1. The highest BCUT2D eigenvalue weighted by atomic mass is 32.2. The summed E-state index contributed by atoms with van der Waals surface area (Å²) in [6, 6.07) is 12.4. The summed E-state index contributed by atoms with van der Waals surface area (Å²) in [7, 11) is -3.72. The van der Waals surface area contributed by atoms with E-state index in [0.717, 1.165) is 17.0 Å². The third-order valence-electron chi connectivity index (χ3n) is 4.67. The van der Waals surface area contributed by atoms with Crippen molar-refractivity contribution in [3.63, 3.8) is 0 Å². The van der Waals surface area contributed by atoms with Crippen LogP contribution < -0.4 is 0 Å². The zero-order chi connectivity index (χ0) is 21.0. The molecule has 29 heavy (non-hydrogen) atoms. The molecular formula is C21H25FN2O3S2. The van der Waals surface area contributed by atoms with Gasteiger partial charge in [0, 0.05) is 36.3 Å². The molecule has 1 aliphatic rings. The largest absolute Gasteiger partial charge is 0.337 e. The lowest BCUT2D eigenvalue weighted by Gasteiger charge is -2.23. The Morgan fingerprint density at radius 2 is 1.69 bits per heavy atom. The number of nitrogens with zero attached hydrogens (tertiary/aromatic N) is 2. The molecule has 1 amide bonds. The van der Waals surface area contributed by atoms with Gasteiger partial charge in [0.2, 0.25) is 10.0 Å². The van der Waals surface area contributed by atoms with Crippen molar-refractivity contribution in [2.45, 2.75) is 35.3 Å². The first-order valence-corrected chi connectivity index (χ1v) is 11.9. The fourth-order valence-electron chi connectivity index (χ4n) is 3.26. The van der Waals surface area contributed by atoms with Gasteiger partial charge in [-0.25, -0.2) is 12.8 Å². The van der Waals surface area contributed by atoms with Crippen LogP contribution in [0.15, 0.2) is 58.3 Å². The summed E-state index contributed by atoms with van der Waals surface area (Å²) >= 11 is 1.64. The van der Waals surface area contributed by atoms with Gasteiger partial charge < -0.3 is 4.90 Å². The second kappa shape index (κ2) is 9.28. The number of thioether (sulfide) groups is 1. The van der Waals surface area contributed by atoms with E-state index < -0.39 is 15.8 Å². The Labute approximate surface area is 175 Å². The number of hydrogen-bond acceptors (Lipinski definition) is 4. The van der Waals surface area contributed by atoms with Gasteiger partial charge in [-0.2, -0.15) is 4.31 Å². The summed E-state index contributed by atoms with van der Waals surface area (Å²) in [5, 5.41) is 0.351. The monoisotopic (exact) mass is 436 g/mol. The highest BCUT2D eigenvalue weighted by Gasteiger charge is 2.29. The lowest BCUT2D eigenvalue weighted by Crippen LogP contribution is -2.37. The van der Waals surface area contributed by atoms with Gasteiger partial charge in [-0.05, 0) is 42.8 Å². The summed E-state index contributed by atoms with van der Waals surface area (Å²) in [4.78, 5) is 15.8. The van der Waals surface area contributed by atoms with E-state index in [1.807, 2.05) is 24.3 Å². The van der Waals surface area contributed by atoms with Crippen molar-refractivity contribution in [2.75, 3.05) is 26.2 Å².